The van der Waals surface area contributed by atoms with Gasteiger partial charge in [-0.2, -0.15) is 13.2 Å². The van der Waals surface area contributed by atoms with Crippen LogP contribution >= 0.6 is 0 Å². The van der Waals surface area contributed by atoms with E-state index in [-0.39, 0.29) is 36.8 Å². The molecule has 1 aromatic heterocycles. The molecule has 0 bridgehead atoms. The predicted octanol–water partition coefficient (Wildman–Crippen LogP) is 1.47. The van der Waals surface area contributed by atoms with Gasteiger partial charge in [-0.15, -0.1) is 0 Å². The van der Waals surface area contributed by atoms with Crippen LogP contribution in [0.25, 0.3) is 0 Å². The van der Waals surface area contributed by atoms with Crippen LogP contribution in [-0.2, 0) is 0 Å². The Kier molecular flexibility index (Phi) is 4.32. The third-order valence-electron chi connectivity index (χ3n) is 3.63. The molecule has 1 aliphatic heterocycles. The lowest BCUT2D eigenvalue weighted by Gasteiger charge is -2.47. The van der Waals surface area contributed by atoms with Crippen LogP contribution in [0.5, 0.6) is 0 Å². The van der Waals surface area contributed by atoms with Crippen molar-refractivity contribution in [3.8, 4) is 0 Å². The number of carbonyl (C=O) groups excluding carboxylic acids is 1. The number of hydrogen-bond donors (Lipinski definition) is 1. The second-order valence-corrected chi connectivity index (χ2v) is 6.02. The summed E-state index contributed by atoms with van der Waals surface area (Å²) in [6.45, 7) is 2.89. The van der Waals surface area contributed by atoms with Crippen molar-refractivity contribution in [3.63, 3.8) is 0 Å². The van der Waals surface area contributed by atoms with Crippen LogP contribution in [0.15, 0.2) is 23.0 Å². The topological polar surface area (TPSA) is 56.4 Å². The molecule has 0 spiro atoms. The minimum Gasteiger partial charge on any atom is -0.330 e. The average Bonchev–Trinajstić information content (AvgIpc) is 2.35. The quantitative estimate of drug-likeness (QED) is 0.899. The molecule has 1 saturated heterocycles. The number of halogens is 3. The molecule has 1 aliphatic rings. The van der Waals surface area contributed by atoms with Gasteiger partial charge in [0.25, 0.3) is 5.91 Å². The van der Waals surface area contributed by atoms with E-state index in [1.54, 1.807) is 13.8 Å². The number of nitrogens with one attached hydrogen (secondary N) is 1. The van der Waals surface area contributed by atoms with Crippen LogP contribution < -0.4 is 5.56 Å². The van der Waals surface area contributed by atoms with E-state index in [0.29, 0.717) is 0 Å². The summed E-state index contributed by atoms with van der Waals surface area (Å²) in [5.41, 5.74) is -1.00. The molecule has 2 heterocycles. The van der Waals surface area contributed by atoms with E-state index in [0.717, 1.165) is 0 Å². The number of nitrogens with zero attached hydrogens (tertiary/aromatic N) is 2. The van der Waals surface area contributed by atoms with Gasteiger partial charge in [-0.25, -0.2) is 0 Å². The Hall–Kier alpha value is -1.83. The van der Waals surface area contributed by atoms with Crippen molar-refractivity contribution in [3.05, 3.63) is 34.2 Å². The first-order valence-electron chi connectivity index (χ1n) is 6.89. The van der Waals surface area contributed by atoms with Crippen molar-refractivity contribution in [2.24, 2.45) is 0 Å². The van der Waals surface area contributed by atoms with Gasteiger partial charge in [0.2, 0.25) is 5.56 Å². The normalized spacial score (nSPS) is 19.2. The van der Waals surface area contributed by atoms with Gasteiger partial charge < -0.3 is 9.88 Å². The molecular formula is C14H18F3N3O2. The van der Waals surface area contributed by atoms with Crippen molar-refractivity contribution < 1.29 is 18.0 Å². The fourth-order valence-corrected chi connectivity index (χ4v) is 2.74. The lowest BCUT2D eigenvalue weighted by atomic mass is 9.98. The number of aromatic nitrogens is 1. The Morgan fingerprint density at radius 3 is 2.55 bits per heavy atom. The molecule has 122 valence electrons. The maximum atomic E-state index is 12.5. The Labute approximate surface area is 125 Å². The van der Waals surface area contributed by atoms with E-state index in [1.807, 2.05) is 0 Å². The molecule has 0 aliphatic carbocycles. The van der Waals surface area contributed by atoms with E-state index in [9.17, 15) is 22.8 Å². The Bertz CT molecular complexity index is 610. The molecule has 5 nitrogen and oxygen atoms in total. The standard InChI is InChI=1S/C14H18F3N3O2/c1-13(2)8-19(9-14(15,16)17)6-7-20(13)12(22)10-4-3-5-11(21)18-10/h3-5H,6-9H2,1-2H3,(H,18,21). The Balaban J connectivity index is 2.14. The van der Waals surface area contributed by atoms with Gasteiger partial charge in [-0.05, 0) is 19.9 Å². The summed E-state index contributed by atoms with van der Waals surface area (Å²) < 4.78 is 37.5. The van der Waals surface area contributed by atoms with Gasteiger partial charge in [-0.3, -0.25) is 14.5 Å². The van der Waals surface area contributed by atoms with Crippen molar-refractivity contribution in [1.29, 1.82) is 0 Å². The SMILES string of the molecule is CC1(C)CN(CC(F)(F)F)CCN1C(=O)c1cccc(=O)[nH]1. The molecule has 0 unspecified atom stereocenters. The highest BCUT2D eigenvalue weighted by Gasteiger charge is 2.40. The molecule has 2 rings (SSSR count). The highest BCUT2D eigenvalue weighted by Crippen LogP contribution is 2.25. The molecule has 1 amide bonds. The highest BCUT2D eigenvalue weighted by atomic mass is 19.4. The number of pyridine rings is 1. The number of piperazine rings is 1. The lowest BCUT2D eigenvalue weighted by molar-refractivity contribution is -0.153. The second kappa shape index (κ2) is 5.75. The van der Waals surface area contributed by atoms with E-state index < -0.39 is 18.3 Å². The van der Waals surface area contributed by atoms with Gasteiger partial charge >= 0.3 is 6.18 Å². The molecule has 0 radical (unpaired) electrons. The Morgan fingerprint density at radius 1 is 1.32 bits per heavy atom. The molecule has 1 aromatic rings. The van der Waals surface area contributed by atoms with Crippen molar-refractivity contribution >= 4 is 5.91 Å². The van der Waals surface area contributed by atoms with Crippen LogP contribution in [-0.4, -0.2) is 58.6 Å². The first kappa shape index (κ1) is 16.5. The number of hydrogen-bond acceptors (Lipinski definition) is 3. The van der Waals surface area contributed by atoms with Gasteiger partial charge in [0, 0.05) is 25.7 Å². The van der Waals surface area contributed by atoms with E-state index in [1.165, 1.54) is 28.0 Å². The highest BCUT2D eigenvalue weighted by molar-refractivity contribution is 5.92. The summed E-state index contributed by atoms with van der Waals surface area (Å²) >= 11 is 0. The minimum absolute atomic E-state index is 0.120. The second-order valence-electron chi connectivity index (χ2n) is 6.02. The predicted molar refractivity (Wildman–Crippen MR) is 74.7 cm³/mol. The van der Waals surface area contributed by atoms with Crippen molar-refractivity contribution in [2.75, 3.05) is 26.2 Å². The third kappa shape index (κ3) is 3.88. The van der Waals surface area contributed by atoms with Crippen LogP contribution in [0.3, 0.4) is 0 Å². The van der Waals surface area contributed by atoms with E-state index >= 15 is 0 Å². The number of alkyl halides is 3. The molecule has 0 saturated carbocycles. The number of rotatable bonds is 2. The molecule has 22 heavy (non-hydrogen) atoms. The summed E-state index contributed by atoms with van der Waals surface area (Å²) in [5.74, 6) is -0.380. The Morgan fingerprint density at radius 2 is 2.00 bits per heavy atom. The van der Waals surface area contributed by atoms with Crippen molar-refractivity contribution in [1.82, 2.24) is 14.8 Å². The number of amides is 1. The third-order valence-corrected chi connectivity index (χ3v) is 3.63. The fourth-order valence-electron chi connectivity index (χ4n) is 2.74. The largest absolute Gasteiger partial charge is 0.401 e. The number of aromatic amines is 1. The summed E-state index contributed by atoms with van der Waals surface area (Å²) in [5, 5.41) is 0. The molecule has 1 N–H and O–H groups in total. The summed E-state index contributed by atoms with van der Waals surface area (Å²) in [7, 11) is 0. The molecule has 0 atom stereocenters. The first-order chi connectivity index (χ1) is 10.1. The first-order valence-corrected chi connectivity index (χ1v) is 6.89. The van der Waals surface area contributed by atoms with E-state index in [4.69, 9.17) is 0 Å². The fraction of sp³-hybridized carbons (Fsp3) is 0.571. The average molecular weight is 317 g/mol. The summed E-state index contributed by atoms with van der Waals surface area (Å²) in [4.78, 5) is 29.0. The number of carbonyl (C=O) groups is 1. The zero-order chi connectivity index (χ0) is 16.5. The smallest absolute Gasteiger partial charge is 0.330 e. The molecule has 8 heteroatoms. The van der Waals surface area contributed by atoms with E-state index in [2.05, 4.69) is 4.98 Å². The van der Waals surface area contributed by atoms with Crippen LogP contribution in [0, 0.1) is 0 Å². The zero-order valence-corrected chi connectivity index (χ0v) is 12.4. The van der Waals surface area contributed by atoms with Crippen LogP contribution in [0.4, 0.5) is 13.2 Å². The molecular weight excluding hydrogens is 299 g/mol. The van der Waals surface area contributed by atoms with Crippen molar-refractivity contribution in [2.45, 2.75) is 25.6 Å². The van der Waals surface area contributed by atoms with Gasteiger partial charge in [0.1, 0.15) is 5.69 Å². The lowest BCUT2D eigenvalue weighted by Crippen LogP contribution is -2.62. The monoisotopic (exact) mass is 317 g/mol. The molecule has 1 fully saturated rings. The maximum Gasteiger partial charge on any atom is 0.401 e. The summed E-state index contributed by atoms with van der Waals surface area (Å²) in [6, 6.07) is 4.25. The number of H-pyrrole nitrogens is 1. The maximum absolute atomic E-state index is 12.5. The zero-order valence-electron chi connectivity index (χ0n) is 12.4. The van der Waals surface area contributed by atoms with Gasteiger partial charge in [0.15, 0.2) is 0 Å². The minimum atomic E-state index is -4.26. The van der Waals surface area contributed by atoms with Gasteiger partial charge in [0.05, 0.1) is 12.1 Å². The summed E-state index contributed by atoms with van der Waals surface area (Å²) in [6.07, 6.45) is -4.26. The van der Waals surface area contributed by atoms with Crippen LogP contribution in [0.2, 0.25) is 0 Å². The van der Waals surface area contributed by atoms with Gasteiger partial charge in [-0.1, -0.05) is 6.07 Å². The van der Waals surface area contributed by atoms with Crippen LogP contribution in [0.1, 0.15) is 24.3 Å². The molecule has 0 aromatic carbocycles.